The van der Waals surface area contributed by atoms with Crippen molar-refractivity contribution in [3.63, 3.8) is 0 Å². The van der Waals surface area contributed by atoms with Crippen LogP contribution in [0.15, 0.2) is 21.9 Å². The van der Waals surface area contributed by atoms with Gasteiger partial charge in [0, 0.05) is 14.1 Å². The second kappa shape index (κ2) is 5.28. The molecule has 7 nitrogen and oxygen atoms in total. The van der Waals surface area contributed by atoms with Crippen LogP contribution in [0.3, 0.4) is 0 Å². The number of nitrogens with zero attached hydrogens (tertiary/aromatic N) is 3. The van der Waals surface area contributed by atoms with Crippen LogP contribution < -0.4 is 16.6 Å². The molecule has 0 atom stereocenters. The average molecular weight is 316 g/mol. The van der Waals surface area contributed by atoms with E-state index in [9.17, 15) is 27.6 Å². The van der Waals surface area contributed by atoms with Crippen molar-refractivity contribution in [2.45, 2.75) is 12.6 Å². The van der Waals surface area contributed by atoms with Gasteiger partial charge in [-0.15, -0.1) is 0 Å². The molecule has 10 heteroatoms. The number of halogens is 3. The molecule has 0 radical (unpaired) electrons. The Morgan fingerprint density at radius 1 is 1.27 bits per heavy atom. The number of alkyl halides is 3. The lowest BCUT2D eigenvalue weighted by Gasteiger charge is -2.10. The normalized spacial score (nSPS) is 11.7. The number of carbonyl (C=O) groups excluding carboxylic acids is 1. The Bertz CT molecular complexity index is 867. The zero-order valence-corrected chi connectivity index (χ0v) is 11.6. The molecule has 0 aromatic carbocycles. The van der Waals surface area contributed by atoms with Gasteiger partial charge >= 0.3 is 11.9 Å². The van der Waals surface area contributed by atoms with Gasteiger partial charge in [-0.05, 0) is 6.07 Å². The average Bonchev–Trinajstić information content (AvgIpc) is 2.40. The van der Waals surface area contributed by atoms with Crippen molar-refractivity contribution in [1.29, 1.82) is 0 Å². The van der Waals surface area contributed by atoms with Gasteiger partial charge in [0.15, 0.2) is 0 Å². The van der Waals surface area contributed by atoms with Gasteiger partial charge in [-0.2, -0.15) is 13.2 Å². The summed E-state index contributed by atoms with van der Waals surface area (Å²) in [5.74, 6) is -1.27. The third-order valence-corrected chi connectivity index (χ3v) is 2.94. The van der Waals surface area contributed by atoms with Crippen molar-refractivity contribution in [2.24, 2.45) is 14.1 Å². The summed E-state index contributed by atoms with van der Waals surface area (Å²) in [6, 6.07) is 1.18. The van der Waals surface area contributed by atoms with E-state index in [-0.39, 0.29) is 16.7 Å². The summed E-state index contributed by atoms with van der Waals surface area (Å²) >= 11 is 0. The van der Waals surface area contributed by atoms with E-state index in [1.54, 1.807) is 0 Å². The number of anilines is 1. The summed E-state index contributed by atoms with van der Waals surface area (Å²) in [5, 5.41) is 2.02. The highest BCUT2D eigenvalue weighted by molar-refractivity contribution is 5.92. The Kier molecular flexibility index (Phi) is 3.77. The first-order chi connectivity index (χ1) is 10.1. The van der Waals surface area contributed by atoms with E-state index in [1.807, 2.05) is 5.32 Å². The molecule has 0 aliphatic carbocycles. The number of aryl methyl sites for hydroxylation is 1. The first-order valence-corrected chi connectivity index (χ1v) is 6.02. The zero-order chi connectivity index (χ0) is 16.7. The Balaban J connectivity index is 2.46. The van der Waals surface area contributed by atoms with Crippen LogP contribution in [0.1, 0.15) is 6.42 Å². The third kappa shape index (κ3) is 3.00. The number of hydrogen-bond donors (Lipinski definition) is 1. The molecule has 0 unspecified atom stereocenters. The highest BCUT2D eigenvalue weighted by Crippen LogP contribution is 2.20. The molecule has 2 heterocycles. The zero-order valence-electron chi connectivity index (χ0n) is 11.6. The summed E-state index contributed by atoms with van der Waals surface area (Å²) < 4.78 is 38.3. The minimum atomic E-state index is -4.63. The van der Waals surface area contributed by atoms with E-state index >= 15 is 0 Å². The summed E-state index contributed by atoms with van der Waals surface area (Å²) in [6.07, 6.45) is -5.19. The number of carbonyl (C=O) groups is 1. The SMILES string of the molecule is Cn1c(=O)c2cc(NC(=O)CC(F)(F)F)cnc2n(C)c1=O. The van der Waals surface area contributed by atoms with Gasteiger partial charge in [0.1, 0.15) is 12.1 Å². The molecule has 0 fully saturated rings. The predicted molar refractivity (Wildman–Crippen MR) is 71.5 cm³/mol. The Morgan fingerprint density at radius 2 is 1.91 bits per heavy atom. The Morgan fingerprint density at radius 3 is 2.50 bits per heavy atom. The molecule has 0 saturated carbocycles. The number of pyridine rings is 1. The fraction of sp³-hybridized carbons (Fsp3) is 0.333. The summed E-state index contributed by atoms with van der Waals surface area (Å²) in [5.41, 5.74) is -1.23. The number of aromatic nitrogens is 3. The minimum Gasteiger partial charge on any atom is -0.324 e. The summed E-state index contributed by atoms with van der Waals surface area (Å²) in [4.78, 5) is 38.8. The van der Waals surface area contributed by atoms with E-state index < -0.39 is 29.8 Å². The summed E-state index contributed by atoms with van der Waals surface area (Å²) in [6.45, 7) is 0. The fourth-order valence-electron chi connectivity index (χ4n) is 1.92. The molecule has 22 heavy (non-hydrogen) atoms. The predicted octanol–water partition coefficient (Wildman–Crippen LogP) is 0.523. The second-order valence-corrected chi connectivity index (χ2v) is 4.64. The van der Waals surface area contributed by atoms with Crippen LogP contribution in [0.5, 0.6) is 0 Å². The van der Waals surface area contributed by atoms with Crippen LogP contribution in [0.2, 0.25) is 0 Å². The van der Waals surface area contributed by atoms with Crippen LogP contribution in [0.25, 0.3) is 11.0 Å². The number of amides is 1. The molecular weight excluding hydrogens is 305 g/mol. The van der Waals surface area contributed by atoms with Gasteiger partial charge in [0.2, 0.25) is 5.91 Å². The number of rotatable bonds is 2. The largest absolute Gasteiger partial charge is 0.397 e. The minimum absolute atomic E-state index is 0.00871. The van der Waals surface area contributed by atoms with Crippen molar-refractivity contribution in [2.75, 3.05) is 5.32 Å². The third-order valence-electron chi connectivity index (χ3n) is 2.94. The first kappa shape index (κ1) is 15.7. The monoisotopic (exact) mass is 316 g/mol. The topological polar surface area (TPSA) is 86.0 Å². The standard InChI is InChI=1S/C12H11F3N4O3/c1-18-9-7(10(21)19(2)11(18)22)3-6(5-16-9)17-8(20)4-12(13,14)15/h3,5H,4H2,1-2H3,(H,17,20). The molecule has 118 valence electrons. The van der Waals surface area contributed by atoms with E-state index in [0.29, 0.717) is 0 Å². The maximum absolute atomic E-state index is 12.1. The highest BCUT2D eigenvalue weighted by atomic mass is 19.4. The van der Waals surface area contributed by atoms with Gasteiger partial charge in [0.25, 0.3) is 5.56 Å². The fourth-order valence-corrected chi connectivity index (χ4v) is 1.92. The van der Waals surface area contributed by atoms with Crippen molar-refractivity contribution in [3.8, 4) is 0 Å². The molecule has 0 spiro atoms. The van der Waals surface area contributed by atoms with Gasteiger partial charge in [-0.1, -0.05) is 0 Å². The van der Waals surface area contributed by atoms with E-state index in [0.717, 1.165) is 15.3 Å². The van der Waals surface area contributed by atoms with E-state index in [4.69, 9.17) is 0 Å². The Hall–Kier alpha value is -2.65. The molecule has 2 aromatic rings. The van der Waals surface area contributed by atoms with Gasteiger partial charge in [0.05, 0.1) is 17.3 Å². The van der Waals surface area contributed by atoms with E-state index in [2.05, 4.69) is 4.98 Å². The van der Waals surface area contributed by atoms with Crippen LogP contribution in [0, 0.1) is 0 Å². The Labute approximate surface area is 121 Å². The maximum Gasteiger partial charge on any atom is 0.397 e. The van der Waals surface area contributed by atoms with Gasteiger partial charge in [-0.3, -0.25) is 18.7 Å². The van der Waals surface area contributed by atoms with Crippen molar-refractivity contribution in [1.82, 2.24) is 14.1 Å². The van der Waals surface area contributed by atoms with Crippen LogP contribution in [0.4, 0.5) is 18.9 Å². The molecule has 0 bridgehead atoms. The molecule has 0 aliphatic rings. The molecule has 2 aromatic heterocycles. The second-order valence-electron chi connectivity index (χ2n) is 4.64. The molecule has 1 N–H and O–H groups in total. The molecular formula is C12H11F3N4O3. The van der Waals surface area contributed by atoms with Gasteiger partial charge in [-0.25, -0.2) is 9.78 Å². The smallest absolute Gasteiger partial charge is 0.324 e. The van der Waals surface area contributed by atoms with Crippen LogP contribution in [-0.2, 0) is 18.9 Å². The quantitative estimate of drug-likeness (QED) is 0.875. The number of fused-ring (bicyclic) bond motifs is 1. The van der Waals surface area contributed by atoms with Crippen LogP contribution in [-0.4, -0.2) is 26.2 Å². The molecule has 1 amide bonds. The number of hydrogen-bond acceptors (Lipinski definition) is 4. The lowest BCUT2D eigenvalue weighted by Crippen LogP contribution is -2.37. The van der Waals surface area contributed by atoms with Crippen LogP contribution >= 0.6 is 0 Å². The van der Waals surface area contributed by atoms with E-state index in [1.165, 1.54) is 20.2 Å². The van der Waals surface area contributed by atoms with Crippen molar-refractivity contribution in [3.05, 3.63) is 33.1 Å². The molecule has 0 aliphatic heterocycles. The maximum atomic E-state index is 12.1. The lowest BCUT2D eigenvalue weighted by molar-refractivity contribution is -0.150. The molecule has 2 rings (SSSR count). The van der Waals surface area contributed by atoms with Gasteiger partial charge < -0.3 is 5.32 Å². The van der Waals surface area contributed by atoms with Crippen molar-refractivity contribution < 1.29 is 18.0 Å². The molecule has 0 saturated heterocycles. The summed E-state index contributed by atoms with van der Waals surface area (Å²) in [7, 11) is 2.66. The van der Waals surface area contributed by atoms with Crippen molar-refractivity contribution >= 4 is 22.6 Å². The number of nitrogens with one attached hydrogen (secondary N) is 1. The highest BCUT2D eigenvalue weighted by Gasteiger charge is 2.31. The first-order valence-electron chi connectivity index (χ1n) is 6.02. The lowest BCUT2D eigenvalue weighted by atomic mass is 10.3.